The van der Waals surface area contributed by atoms with E-state index in [4.69, 9.17) is 10.3 Å². The number of nitrogens with zero attached hydrogens (tertiary/aromatic N) is 2. The number of hydrogen-bond donors (Lipinski definition) is 1. The lowest BCUT2D eigenvalue weighted by Crippen LogP contribution is -1.88. The summed E-state index contributed by atoms with van der Waals surface area (Å²) in [5.41, 5.74) is 8.04. The summed E-state index contributed by atoms with van der Waals surface area (Å²) in [5.74, 6) is 0.273. The van der Waals surface area contributed by atoms with Crippen LogP contribution in [0, 0.1) is 0 Å². The minimum absolute atomic E-state index is 0.273. The maximum Gasteiger partial charge on any atom is 0.232 e. The summed E-state index contributed by atoms with van der Waals surface area (Å²) < 4.78 is 7.09. The standard InChI is InChI=1S/C12H7Br2N3OS/c13-6-5-8(19-11(6)14)10-9(12(15)18-17-10)7-3-1-2-4-16-7/h1-5H,15H2. The van der Waals surface area contributed by atoms with Crippen molar-refractivity contribution in [3.63, 3.8) is 0 Å². The Bertz CT molecular complexity index is 704. The number of pyridine rings is 1. The van der Waals surface area contributed by atoms with Crippen molar-refractivity contribution in [2.24, 2.45) is 0 Å². The normalized spacial score (nSPS) is 10.8. The largest absolute Gasteiger partial charge is 0.367 e. The molecule has 3 heterocycles. The molecule has 7 heteroatoms. The molecule has 0 aliphatic rings. The third-order valence-electron chi connectivity index (χ3n) is 2.52. The molecule has 0 amide bonds. The van der Waals surface area contributed by atoms with E-state index in [1.807, 2.05) is 24.3 Å². The van der Waals surface area contributed by atoms with Gasteiger partial charge in [-0.3, -0.25) is 4.98 Å². The minimum Gasteiger partial charge on any atom is -0.367 e. The van der Waals surface area contributed by atoms with Crippen molar-refractivity contribution in [2.75, 3.05) is 5.73 Å². The summed E-state index contributed by atoms with van der Waals surface area (Å²) in [6, 6.07) is 7.60. The van der Waals surface area contributed by atoms with Crippen LogP contribution in [0.15, 0.2) is 43.2 Å². The van der Waals surface area contributed by atoms with Gasteiger partial charge in [-0.05, 0) is 50.1 Å². The second-order valence-corrected chi connectivity index (χ2v) is 6.94. The van der Waals surface area contributed by atoms with Gasteiger partial charge in [0.05, 0.1) is 19.9 Å². The minimum atomic E-state index is 0.273. The molecule has 0 unspecified atom stereocenters. The zero-order chi connectivity index (χ0) is 13.4. The predicted octanol–water partition coefficient (Wildman–Crippen LogP) is 4.57. The Kier molecular flexibility index (Phi) is 3.42. The zero-order valence-electron chi connectivity index (χ0n) is 9.43. The SMILES string of the molecule is Nc1onc(-c2cc(Br)c(Br)s2)c1-c1ccccn1. The van der Waals surface area contributed by atoms with Crippen molar-refractivity contribution >= 4 is 49.1 Å². The molecule has 19 heavy (non-hydrogen) atoms. The summed E-state index contributed by atoms with van der Waals surface area (Å²) in [6.45, 7) is 0. The number of nitrogen functional groups attached to an aromatic ring is 1. The fraction of sp³-hybridized carbons (Fsp3) is 0. The van der Waals surface area contributed by atoms with Gasteiger partial charge in [-0.15, -0.1) is 11.3 Å². The van der Waals surface area contributed by atoms with E-state index in [2.05, 4.69) is 42.0 Å². The van der Waals surface area contributed by atoms with Crippen LogP contribution in [0.5, 0.6) is 0 Å². The highest BCUT2D eigenvalue weighted by Gasteiger charge is 2.20. The highest BCUT2D eigenvalue weighted by Crippen LogP contribution is 2.42. The van der Waals surface area contributed by atoms with Gasteiger partial charge in [-0.25, -0.2) is 0 Å². The van der Waals surface area contributed by atoms with Gasteiger partial charge in [0.2, 0.25) is 5.88 Å². The molecule has 0 bridgehead atoms. The maximum atomic E-state index is 5.87. The molecule has 0 saturated heterocycles. The third kappa shape index (κ3) is 2.33. The van der Waals surface area contributed by atoms with Crippen molar-refractivity contribution in [3.05, 3.63) is 38.7 Å². The Morgan fingerprint density at radius 2 is 2.11 bits per heavy atom. The Morgan fingerprint density at radius 3 is 2.74 bits per heavy atom. The number of thiophene rings is 1. The lowest BCUT2D eigenvalue weighted by molar-refractivity contribution is 0.439. The predicted molar refractivity (Wildman–Crippen MR) is 82.9 cm³/mol. The molecule has 3 rings (SSSR count). The van der Waals surface area contributed by atoms with Crippen LogP contribution in [0.3, 0.4) is 0 Å². The van der Waals surface area contributed by atoms with Gasteiger partial charge in [0, 0.05) is 10.7 Å². The molecular weight excluding hydrogens is 394 g/mol. The number of aromatic nitrogens is 2. The van der Waals surface area contributed by atoms with E-state index in [1.54, 1.807) is 17.5 Å². The highest BCUT2D eigenvalue weighted by molar-refractivity contribution is 9.13. The van der Waals surface area contributed by atoms with Gasteiger partial charge in [0.15, 0.2) is 0 Å². The van der Waals surface area contributed by atoms with E-state index in [0.29, 0.717) is 5.69 Å². The Hall–Kier alpha value is -1.18. The number of nitrogens with two attached hydrogens (primary N) is 1. The molecule has 0 aliphatic carbocycles. The van der Waals surface area contributed by atoms with E-state index in [9.17, 15) is 0 Å². The molecule has 0 atom stereocenters. The molecule has 0 radical (unpaired) electrons. The zero-order valence-corrected chi connectivity index (χ0v) is 13.4. The van der Waals surface area contributed by atoms with Crippen LogP contribution in [0.1, 0.15) is 0 Å². The molecule has 0 fully saturated rings. The molecule has 3 aromatic rings. The molecule has 2 N–H and O–H groups in total. The molecule has 0 spiro atoms. The lowest BCUT2D eigenvalue weighted by Gasteiger charge is -1.99. The van der Waals surface area contributed by atoms with Gasteiger partial charge in [-0.2, -0.15) is 0 Å². The van der Waals surface area contributed by atoms with E-state index >= 15 is 0 Å². The first kappa shape index (κ1) is 12.8. The van der Waals surface area contributed by atoms with Crippen molar-refractivity contribution in [3.8, 4) is 21.8 Å². The lowest BCUT2D eigenvalue weighted by atomic mass is 10.1. The Labute approximate surface area is 129 Å². The first-order chi connectivity index (χ1) is 9.16. The maximum absolute atomic E-state index is 5.87. The van der Waals surface area contributed by atoms with Gasteiger partial charge < -0.3 is 10.3 Å². The smallest absolute Gasteiger partial charge is 0.232 e. The van der Waals surface area contributed by atoms with Crippen LogP contribution in [0.25, 0.3) is 21.8 Å². The number of rotatable bonds is 2. The summed E-state index contributed by atoms with van der Waals surface area (Å²) in [5, 5.41) is 4.05. The van der Waals surface area contributed by atoms with Gasteiger partial charge in [0.1, 0.15) is 5.69 Å². The monoisotopic (exact) mass is 399 g/mol. The Balaban J connectivity index is 2.19. The fourth-order valence-electron chi connectivity index (χ4n) is 1.69. The summed E-state index contributed by atoms with van der Waals surface area (Å²) >= 11 is 8.48. The second kappa shape index (κ2) is 5.07. The molecule has 0 aromatic carbocycles. The quantitative estimate of drug-likeness (QED) is 0.684. The van der Waals surface area contributed by atoms with E-state index in [-0.39, 0.29) is 5.88 Å². The number of anilines is 1. The third-order valence-corrected chi connectivity index (χ3v) is 5.78. The van der Waals surface area contributed by atoms with Crippen LogP contribution in [0.2, 0.25) is 0 Å². The summed E-state index contributed by atoms with van der Waals surface area (Å²) in [4.78, 5) is 5.26. The van der Waals surface area contributed by atoms with Crippen LogP contribution in [-0.4, -0.2) is 10.1 Å². The highest BCUT2D eigenvalue weighted by atomic mass is 79.9. The molecular formula is C12H7Br2N3OS. The Morgan fingerprint density at radius 1 is 1.26 bits per heavy atom. The van der Waals surface area contributed by atoms with Gasteiger partial charge >= 0.3 is 0 Å². The van der Waals surface area contributed by atoms with Gasteiger partial charge in [0.25, 0.3) is 0 Å². The van der Waals surface area contributed by atoms with Crippen molar-refractivity contribution in [2.45, 2.75) is 0 Å². The van der Waals surface area contributed by atoms with Crippen molar-refractivity contribution in [1.29, 1.82) is 0 Å². The molecule has 0 saturated carbocycles. The average Bonchev–Trinajstić information content (AvgIpc) is 2.95. The molecule has 0 aliphatic heterocycles. The molecule has 96 valence electrons. The van der Waals surface area contributed by atoms with Crippen molar-refractivity contribution in [1.82, 2.24) is 10.1 Å². The number of hydrogen-bond acceptors (Lipinski definition) is 5. The van der Waals surface area contributed by atoms with Gasteiger partial charge in [-0.1, -0.05) is 11.2 Å². The summed E-state index contributed by atoms with van der Waals surface area (Å²) in [6.07, 6.45) is 1.71. The van der Waals surface area contributed by atoms with Crippen LogP contribution in [0.4, 0.5) is 5.88 Å². The van der Waals surface area contributed by atoms with Crippen LogP contribution < -0.4 is 5.73 Å². The second-order valence-electron chi connectivity index (χ2n) is 3.72. The summed E-state index contributed by atoms with van der Waals surface area (Å²) in [7, 11) is 0. The van der Waals surface area contributed by atoms with E-state index in [1.165, 1.54) is 0 Å². The first-order valence-corrected chi connectivity index (χ1v) is 7.69. The van der Waals surface area contributed by atoms with E-state index in [0.717, 1.165) is 24.4 Å². The topological polar surface area (TPSA) is 64.9 Å². The fourth-order valence-corrected chi connectivity index (χ4v) is 3.72. The first-order valence-electron chi connectivity index (χ1n) is 5.28. The number of halogens is 2. The average molecular weight is 401 g/mol. The van der Waals surface area contributed by atoms with E-state index < -0.39 is 0 Å². The van der Waals surface area contributed by atoms with Crippen LogP contribution >= 0.6 is 43.2 Å². The molecule has 4 nitrogen and oxygen atoms in total. The molecule has 3 aromatic heterocycles. The van der Waals surface area contributed by atoms with Crippen molar-refractivity contribution < 1.29 is 4.52 Å². The van der Waals surface area contributed by atoms with Crippen LogP contribution in [-0.2, 0) is 0 Å².